The van der Waals surface area contributed by atoms with Crippen LogP contribution in [0, 0.1) is 0 Å². The summed E-state index contributed by atoms with van der Waals surface area (Å²) in [4.78, 5) is 11.7. The number of hydrogen-bond donors (Lipinski definition) is 4. The molecule has 2 aromatic rings. The molecule has 2 rings (SSSR count). The van der Waals surface area contributed by atoms with Gasteiger partial charge in [-0.25, -0.2) is 0 Å². The first-order valence-corrected chi connectivity index (χ1v) is 4.56. The number of H-pyrrole nitrogens is 1. The van der Waals surface area contributed by atoms with Crippen LogP contribution in [0.15, 0.2) is 30.5 Å². The molecule has 1 aromatic heterocycles. The molecule has 0 unspecified atom stereocenters. The molecule has 82 valence electrons. The molecule has 0 aliphatic heterocycles. The number of anilines is 2. The van der Waals surface area contributed by atoms with Crippen molar-refractivity contribution in [2.75, 3.05) is 11.1 Å². The summed E-state index contributed by atoms with van der Waals surface area (Å²) >= 11 is 0. The Balaban J connectivity index is 2.17. The van der Waals surface area contributed by atoms with E-state index in [1.165, 1.54) is 18.3 Å². The van der Waals surface area contributed by atoms with Gasteiger partial charge in [0.1, 0.15) is 11.4 Å². The van der Waals surface area contributed by atoms with Crippen LogP contribution >= 0.6 is 0 Å². The van der Waals surface area contributed by atoms with Crippen LogP contribution in [0.5, 0.6) is 5.75 Å². The summed E-state index contributed by atoms with van der Waals surface area (Å²) < 4.78 is 0. The van der Waals surface area contributed by atoms with Gasteiger partial charge in [0.15, 0.2) is 0 Å². The maximum Gasteiger partial charge on any atom is 0.275 e. The summed E-state index contributed by atoms with van der Waals surface area (Å²) in [6.07, 6.45) is 1.36. The molecule has 0 bridgehead atoms. The fraction of sp³-hybridized carbons (Fsp3) is 0. The van der Waals surface area contributed by atoms with Crippen molar-refractivity contribution in [2.24, 2.45) is 0 Å². The lowest BCUT2D eigenvalue weighted by atomic mass is 10.3. The van der Waals surface area contributed by atoms with Gasteiger partial charge in [0.05, 0.1) is 11.9 Å². The van der Waals surface area contributed by atoms with Crippen LogP contribution in [0.1, 0.15) is 10.5 Å². The molecule has 0 aliphatic rings. The topological polar surface area (TPSA) is 104 Å². The van der Waals surface area contributed by atoms with E-state index in [1.807, 2.05) is 0 Å². The number of aromatic amines is 1. The molecule has 0 atom stereocenters. The van der Waals surface area contributed by atoms with Gasteiger partial charge in [0.2, 0.25) is 0 Å². The number of amides is 1. The first-order valence-electron chi connectivity index (χ1n) is 4.56. The number of nitrogens with one attached hydrogen (secondary N) is 2. The summed E-state index contributed by atoms with van der Waals surface area (Å²) in [5.41, 5.74) is 6.48. The Labute approximate surface area is 91.1 Å². The van der Waals surface area contributed by atoms with Crippen LogP contribution in [0.3, 0.4) is 0 Å². The minimum atomic E-state index is -0.402. The molecule has 0 fully saturated rings. The highest BCUT2D eigenvalue weighted by molar-refractivity contribution is 6.06. The molecule has 6 heteroatoms. The molecule has 0 saturated carbocycles. The van der Waals surface area contributed by atoms with Crippen molar-refractivity contribution in [3.63, 3.8) is 0 Å². The first-order chi connectivity index (χ1) is 7.66. The number of nitrogen functional groups attached to an aromatic ring is 1. The molecule has 1 aromatic carbocycles. The number of nitrogens with zero attached hydrogens (tertiary/aromatic N) is 1. The molecule has 0 radical (unpaired) electrons. The molecule has 6 nitrogen and oxygen atoms in total. The Hall–Kier alpha value is -2.50. The van der Waals surface area contributed by atoms with Crippen LogP contribution in [0.4, 0.5) is 11.4 Å². The number of phenolic OH excluding ortho intramolecular Hbond substituents is 1. The van der Waals surface area contributed by atoms with E-state index in [2.05, 4.69) is 15.5 Å². The Morgan fingerprint density at radius 3 is 2.94 bits per heavy atom. The van der Waals surface area contributed by atoms with Crippen molar-refractivity contribution in [2.45, 2.75) is 0 Å². The Bertz CT molecular complexity index is 521. The number of benzene rings is 1. The maximum atomic E-state index is 11.7. The van der Waals surface area contributed by atoms with E-state index in [9.17, 15) is 9.90 Å². The lowest BCUT2D eigenvalue weighted by Gasteiger charge is -2.04. The van der Waals surface area contributed by atoms with E-state index in [-0.39, 0.29) is 17.1 Å². The molecule has 5 N–H and O–H groups in total. The molecule has 0 spiro atoms. The summed E-state index contributed by atoms with van der Waals surface area (Å²) in [7, 11) is 0. The Kier molecular flexibility index (Phi) is 2.47. The predicted molar refractivity (Wildman–Crippen MR) is 59.1 cm³/mol. The van der Waals surface area contributed by atoms with Crippen LogP contribution in [-0.4, -0.2) is 21.2 Å². The van der Waals surface area contributed by atoms with Crippen molar-refractivity contribution in [1.29, 1.82) is 0 Å². The van der Waals surface area contributed by atoms with Gasteiger partial charge < -0.3 is 16.2 Å². The van der Waals surface area contributed by atoms with E-state index >= 15 is 0 Å². The molecule has 16 heavy (non-hydrogen) atoms. The number of aromatic hydroxyl groups is 1. The van der Waals surface area contributed by atoms with Gasteiger partial charge in [-0.1, -0.05) is 6.07 Å². The average molecular weight is 218 g/mol. The average Bonchev–Trinajstić information content (AvgIpc) is 2.64. The number of nitrogens with two attached hydrogens (primary N) is 1. The molecular weight excluding hydrogens is 208 g/mol. The SMILES string of the molecule is Nc1cn[nH]c1C(=O)Nc1cccc(O)c1. The Morgan fingerprint density at radius 2 is 2.31 bits per heavy atom. The van der Waals surface area contributed by atoms with Gasteiger partial charge in [-0.2, -0.15) is 5.10 Å². The van der Waals surface area contributed by atoms with Crippen LogP contribution < -0.4 is 11.1 Å². The highest BCUT2D eigenvalue weighted by atomic mass is 16.3. The second kappa shape index (κ2) is 3.93. The van der Waals surface area contributed by atoms with E-state index in [0.29, 0.717) is 5.69 Å². The van der Waals surface area contributed by atoms with Gasteiger partial charge in [-0.05, 0) is 12.1 Å². The predicted octanol–water partition coefficient (Wildman–Crippen LogP) is 0.950. The lowest BCUT2D eigenvalue weighted by Crippen LogP contribution is -2.14. The number of hydrogen-bond acceptors (Lipinski definition) is 4. The van der Waals surface area contributed by atoms with Gasteiger partial charge in [-0.15, -0.1) is 0 Å². The minimum Gasteiger partial charge on any atom is -0.508 e. The van der Waals surface area contributed by atoms with E-state index in [0.717, 1.165) is 0 Å². The van der Waals surface area contributed by atoms with Crippen LogP contribution in [0.25, 0.3) is 0 Å². The largest absolute Gasteiger partial charge is 0.508 e. The molecule has 0 saturated heterocycles. The second-order valence-corrected chi connectivity index (χ2v) is 3.20. The van der Waals surface area contributed by atoms with E-state index < -0.39 is 5.91 Å². The van der Waals surface area contributed by atoms with Gasteiger partial charge in [-0.3, -0.25) is 9.89 Å². The fourth-order valence-corrected chi connectivity index (χ4v) is 1.25. The quantitative estimate of drug-likeness (QED) is 0.602. The molecular formula is C10H10N4O2. The van der Waals surface area contributed by atoms with Crippen LogP contribution in [0.2, 0.25) is 0 Å². The van der Waals surface area contributed by atoms with E-state index in [4.69, 9.17) is 5.73 Å². The number of phenols is 1. The van der Waals surface area contributed by atoms with E-state index in [1.54, 1.807) is 12.1 Å². The zero-order chi connectivity index (χ0) is 11.5. The standard InChI is InChI=1S/C10H10N4O2/c11-8-5-12-14-9(8)10(16)13-6-2-1-3-7(15)4-6/h1-5,15H,11H2,(H,12,14)(H,13,16). The summed E-state index contributed by atoms with van der Waals surface area (Å²) in [5.74, 6) is -0.323. The fourth-order valence-electron chi connectivity index (χ4n) is 1.25. The first kappa shape index (κ1) is 10.0. The third-order valence-electron chi connectivity index (χ3n) is 2.00. The smallest absolute Gasteiger partial charge is 0.275 e. The number of aromatic nitrogens is 2. The second-order valence-electron chi connectivity index (χ2n) is 3.20. The summed E-state index contributed by atoms with van der Waals surface area (Å²) in [5, 5.41) is 17.9. The van der Waals surface area contributed by atoms with Crippen molar-refractivity contribution >= 4 is 17.3 Å². The third kappa shape index (κ3) is 1.95. The number of carbonyl (C=O) groups is 1. The summed E-state index contributed by atoms with van der Waals surface area (Å²) in [6, 6.07) is 6.23. The van der Waals surface area contributed by atoms with Crippen molar-refractivity contribution in [3.8, 4) is 5.75 Å². The highest BCUT2D eigenvalue weighted by Gasteiger charge is 2.11. The number of rotatable bonds is 2. The van der Waals surface area contributed by atoms with Crippen molar-refractivity contribution in [1.82, 2.24) is 10.2 Å². The number of carbonyl (C=O) groups excluding carboxylic acids is 1. The van der Waals surface area contributed by atoms with Gasteiger partial charge in [0.25, 0.3) is 5.91 Å². The van der Waals surface area contributed by atoms with Gasteiger partial charge >= 0.3 is 0 Å². The maximum absolute atomic E-state index is 11.7. The minimum absolute atomic E-state index is 0.0791. The third-order valence-corrected chi connectivity index (χ3v) is 2.00. The zero-order valence-electron chi connectivity index (χ0n) is 8.27. The zero-order valence-corrected chi connectivity index (χ0v) is 8.27. The molecule has 1 heterocycles. The molecule has 1 amide bonds. The molecule has 0 aliphatic carbocycles. The van der Waals surface area contributed by atoms with Crippen molar-refractivity contribution in [3.05, 3.63) is 36.2 Å². The monoisotopic (exact) mass is 218 g/mol. The van der Waals surface area contributed by atoms with Gasteiger partial charge in [0, 0.05) is 11.8 Å². The normalized spacial score (nSPS) is 10.0. The summed E-state index contributed by atoms with van der Waals surface area (Å²) in [6.45, 7) is 0. The highest BCUT2D eigenvalue weighted by Crippen LogP contribution is 2.16. The lowest BCUT2D eigenvalue weighted by molar-refractivity contribution is 0.102. The Morgan fingerprint density at radius 1 is 1.50 bits per heavy atom. The van der Waals surface area contributed by atoms with Crippen LogP contribution in [-0.2, 0) is 0 Å². The van der Waals surface area contributed by atoms with Crippen molar-refractivity contribution < 1.29 is 9.90 Å².